The standard InChI is InChI=1S/C25H22Cl2N2O2/c26-20-11-10-17(14-21(20)27)23-19-12-13-29(24(19)18-8-4-5-9-22(18)28-23)25(30)31-15-16-6-2-1-3-7-16/h1-11,14,19,23-24,28H,12-13,15H2/t19-,23?,24+/m0/s1. The summed E-state index contributed by atoms with van der Waals surface area (Å²) in [4.78, 5) is 14.9. The van der Waals surface area contributed by atoms with Crippen LogP contribution in [0.25, 0.3) is 0 Å². The number of benzene rings is 3. The van der Waals surface area contributed by atoms with Gasteiger partial charge in [0.15, 0.2) is 0 Å². The predicted octanol–water partition coefficient (Wildman–Crippen LogP) is 6.86. The normalized spacial score (nSPS) is 21.7. The highest BCUT2D eigenvalue weighted by molar-refractivity contribution is 6.42. The lowest BCUT2D eigenvalue weighted by Crippen LogP contribution is -2.37. The molecule has 0 aliphatic carbocycles. The Balaban J connectivity index is 1.44. The Hall–Kier alpha value is -2.69. The fraction of sp³-hybridized carbons (Fsp3) is 0.240. The van der Waals surface area contributed by atoms with Crippen LogP contribution in [0.3, 0.4) is 0 Å². The molecule has 2 heterocycles. The molecule has 0 spiro atoms. The Morgan fingerprint density at radius 1 is 1.00 bits per heavy atom. The Morgan fingerprint density at radius 2 is 1.77 bits per heavy atom. The molecule has 3 aromatic rings. The molecule has 0 aromatic heterocycles. The molecule has 1 amide bonds. The topological polar surface area (TPSA) is 41.6 Å². The van der Waals surface area contributed by atoms with Gasteiger partial charge in [-0.2, -0.15) is 0 Å². The minimum atomic E-state index is -0.277. The molecule has 5 rings (SSSR count). The molecule has 3 aromatic carbocycles. The fourth-order valence-corrected chi connectivity index (χ4v) is 5.07. The fourth-order valence-electron chi connectivity index (χ4n) is 4.77. The number of anilines is 1. The number of hydrogen-bond donors (Lipinski definition) is 1. The Morgan fingerprint density at radius 3 is 2.58 bits per heavy atom. The van der Waals surface area contributed by atoms with Gasteiger partial charge in [0.05, 0.1) is 22.1 Å². The Labute approximate surface area is 191 Å². The summed E-state index contributed by atoms with van der Waals surface area (Å²) in [6.07, 6.45) is 0.595. The lowest BCUT2D eigenvalue weighted by atomic mass is 9.80. The third kappa shape index (κ3) is 3.86. The van der Waals surface area contributed by atoms with Gasteiger partial charge in [0.25, 0.3) is 0 Å². The van der Waals surface area contributed by atoms with E-state index in [1.165, 1.54) is 0 Å². The van der Waals surface area contributed by atoms with E-state index in [1.54, 1.807) is 0 Å². The lowest BCUT2D eigenvalue weighted by Gasteiger charge is -2.39. The van der Waals surface area contributed by atoms with Gasteiger partial charge >= 0.3 is 6.09 Å². The quantitative estimate of drug-likeness (QED) is 0.471. The molecule has 1 unspecified atom stereocenters. The number of nitrogens with zero attached hydrogens (tertiary/aromatic N) is 1. The number of carbonyl (C=O) groups excluding carboxylic acids is 1. The number of hydrogen-bond acceptors (Lipinski definition) is 3. The molecule has 1 saturated heterocycles. The molecular weight excluding hydrogens is 431 g/mol. The molecule has 2 aliphatic rings. The van der Waals surface area contributed by atoms with Gasteiger partial charge in [-0.1, -0.05) is 77.8 Å². The first-order valence-electron chi connectivity index (χ1n) is 10.4. The number of para-hydroxylation sites is 1. The van der Waals surface area contributed by atoms with E-state index in [9.17, 15) is 4.79 Å². The van der Waals surface area contributed by atoms with Gasteiger partial charge < -0.3 is 15.0 Å². The monoisotopic (exact) mass is 452 g/mol. The van der Waals surface area contributed by atoms with Crippen molar-refractivity contribution in [2.45, 2.75) is 25.1 Å². The van der Waals surface area contributed by atoms with Crippen LogP contribution >= 0.6 is 23.2 Å². The first-order chi connectivity index (χ1) is 15.1. The van der Waals surface area contributed by atoms with E-state index < -0.39 is 0 Å². The number of halogens is 2. The van der Waals surface area contributed by atoms with Crippen LogP contribution in [0.5, 0.6) is 0 Å². The van der Waals surface area contributed by atoms with E-state index in [1.807, 2.05) is 65.6 Å². The van der Waals surface area contributed by atoms with Gasteiger partial charge in [-0.15, -0.1) is 0 Å². The summed E-state index contributed by atoms with van der Waals surface area (Å²) in [7, 11) is 0. The Bertz CT molecular complexity index is 1110. The van der Waals surface area contributed by atoms with Gasteiger partial charge in [-0.25, -0.2) is 4.79 Å². The summed E-state index contributed by atoms with van der Waals surface area (Å²) >= 11 is 12.5. The van der Waals surface area contributed by atoms with Crippen LogP contribution in [0.4, 0.5) is 10.5 Å². The maximum atomic E-state index is 13.1. The number of nitrogens with one attached hydrogen (secondary N) is 1. The number of fused-ring (bicyclic) bond motifs is 3. The van der Waals surface area contributed by atoms with E-state index in [0.29, 0.717) is 16.6 Å². The molecule has 158 valence electrons. The minimum absolute atomic E-state index is 0.0293. The molecule has 1 fully saturated rings. The van der Waals surface area contributed by atoms with Crippen LogP contribution in [-0.2, 0) is 11.3 Å². The second-order valence-electron chi connectivity index (χ2n) is 8.01. The number of ether oxygens (including phenoxy) is 1. The highest BCUT2D eigenvalue weighted by atomic mass is 35.5. The van der Waals surface area contributed by atoms with Crippen LogP contribution in [-0.4, -0.2) is 17.5 Å². The third-order valence-corrected chi connectivity index (χ3v) is 6.94. The molecule has 0 radical (unpaired) electrons. The van der Waals surface area contributed by atoms with E-state index in [0.717, 1.165) is 28.8 Å². The SMILES string of the molecule is O=C(OCc1ccccc1)N1CC[C@H]2C(c3ccc(Cl)c(Cl)c3)Nc3ccccc3[C@H]21. The highest BCUT2D eigenvalue weighted by Crippen LogP contribution is 2.51. The molecule has 1 N–H and O–H groups in total. The molecule has 0 bridgehead atoms. The molecule has 0 saturated carbocycles. The summed E-state index contributed by atoms with van der Waals surface area (Å²) in [6.45, 7) is 0.917. The van der Waals surface area contributed by atoms with E-state index in [4.69, 9.17) is 27.9 Å². The van der Waals surface area contributed by atoms with E-state index >= 15 is 0 Å². The van der Waals surface area contributed by atoms with Crippen molar-refractivity contribution < 1.29 is 9.53 Å². The molecule has 6 heteroatoms. The van der Waals surface area contributed by atoms with E-state index in [2.05, 4.69) is 17.4 Å². The van der Waals surface area contributed by atoms with Gasteiger partial charge in [0.2, 0.25) is 0 Å². The van der Waals surface area contributed by atoms with Crippen molar-refractivity contribution in [3.8, 4) is 0 Å². The summed E-state index contributed by atoms with van der Waals surface area (Å²) in [5.41, 5.74) is 4.20. The summed E-state index contributed by atoms with van der Waals surface area (Å²) in [5.74, 6) is 0.205. The van der Waals surface area contributed by atoms with Crippen molar-refractivity contribution in [3.63, 3.8) is 0 Å². The average Bonchev–Trinajstić information content (AvgIpc) is 3.25. The van der Waals surface area contributed by atoms with Crippen LogP contribution in [0.15, 0.2) is 72.8 Å². The first-order valence-corrected chi connectivity index (χ1v) is 11.1. The second kappa shape index (κ2) is 8.45. The van der Waals surface area contributed by atoms with Crippen LogP contribution < -0.4 is 5.32 Å². The van der Waals surface area contributed by atoms with Gasteiger partial charge in [0, 0.05) is 18.2 Å². The molecule has 31 heavy (non-hydrogen) atoms. The smallest absolute Gasteiger partial charge is 0.410 e. The lowest BCUT2D eigenvalue weighted by molar-refractivity contribution is 0.0865. The predicted molar refractivity (Wildman–Crippen MR) is 123 cm³/mol. The van der Waals surface area contributed by atoms with E-state index in [-0.39, 0.29) is 30.7 Å². The number of amides is 1. The van der Waals surface area contributed by atoms with Crippen molar-refractivity contribution in [2.75, 3.05) is 11.9 Å². The summed E-state index contributed by atoms with van der Waals surface area (Å²) in [6, 6.07) is 23.7. The average molecular weight is 453 g/mol. The third-order valence-electron chi connectivity index (χ3n) is 6.21. The van der Waals surface area contributed by atoms with Gasteiger partial charge in [-0.05, 0) is 41.3 Å². The number of rotatable bonds is 3. The summed E-state index contributed by atoms with van der Waals surface area (Å²) < 4.78 is 5.68. The summed E-state index contributed by atoms with van der Waals surface area (Å²) in [5, 5.41) is 4.74. The minimum Gasteiger partial charge on any atom is -0.445 e. The van der Waals surface area contributed by atoms with Crippen LogP contribution in [0.1, 0.15) is 35.2 Å². The molecule has 2 aliphatic heterocycles. The van der Waals surface area contributed by atoms with Gasteiger partial charge in [-0.3, -0.25) is 0 Å². The molecule has 4 nitrogen and oxygen atoms in total. The zero-order valence-corrected chi connectivity index (χ0v) is 18.3. The number of likely N-dealkylation sites (tertiary alicyclic amines) is 1. The largest absolute Gasteiger partial charge is 0.445 e. The zero-order chi connectivity index (χ0) is 21.4. The first kappa shape index (κ1) is 20.2. The van der Waals surface area contributed by atoms with Crippen molar-refractivity contribution in [1.82, 2.24) is 4.90 Å². The van der Waals surface area contributed by atoms with Crippen molar-refractivity contribution in [2.24, 2.45) is 5.92 Å². The molecular formula is C25H22Cl2N2O2. The van der Waals surface area contributed by atoms with Crippen molar-refractivity contribution in [1.29, 1.82) is 0 Å². The zero-order valence-electron chi connectivity index (χ0n) is 16.8. The number of carbonyl (C=O) groups is 1. The van der Waals surface area contributed by atoms with Crippen molar-refractivity contribution >= 4 is 35.0 Å². The molecule has 3 atom stereocenters. The Kier molecular flexibility index (Phi) is 5.51. The van der Waals surface area contributed by atoms with Gasteiger partial charge in [0.1, 0.15) is 6.61 Å². The van der Waals surface area contributed by atoms with Crippen molar-refractivity contribution in [3.05, 3.63) is 99.5 Å². The van der Waals surface area contributed by atoms with Crippen LogP contribution in [0, 0.1) is 5.92 Å². The maximum absolute atomic E-state index is 13.1. The maximum Gasteiger partial charge on any atom is 0.410 e. The van der Waals surface area contributed by atoms with Crippen LogP contribution in [0.2, 0.25) is 10.0 Å². The highest BCUT2D eigenvalue weighted by Gasteiger charge is 2.46. The second-order valence-corrected chi connectivity index (χ2v) is 8.83.